The summed E-state index contributed by atoms with van der Waals surface area (Å²) in [5.41, 5.74) is 5.36. The van der Waals surface area contributed by atoms with Gasteiger partial charge in [0.15, 0.2) is 6.10 Å². The second-order valence-corrected chi connectivity index (χ2v) is 19.8. The Morgan fingerprint density at radius 2 is 0.815 bits per heavy atom. The minimum absolute atomic E-state index is 0.162. The molecule has 0 saturated carbocycles. The number of aliphatic carboxylic acids is 1. The van der Waals surface area contributed by atoms with Crippen LogP contribution in [-0.2, 0) is 37.5 Å². The Hall–Kier alpha value is -2.04. The lowest BCUT2D eigenvalue weighted by Gasteiger charge is -2.20. The number of phosphoric ester groups is 1. The Morgan fingerprint density at radius 3 is 1.20 bits per heavy atom. The van der Waals surface area contributed by atoms with E-state index in [4.69, 9.17) is 29.4 Å². The standard InChI is InChI=1S/C53H100NO10P/c1-3-5-7-9-11-13-15-17-19-21-23-24-25-26-27-29-31-33-35-37-39-41-43-45-52(56)64-49(47-62-65(59,60)63-48-50(54)53(57)58)46-61-51(55)44-42-40-38-36-34-32-30-28-22-20-18-16-14-12-10-8-6-4-2/h15,17,21,23,49-50H,3-14,16,18-20,22,24-48,54H2,1-2H3,(H,57,58)(H,59,60)/b17-15-,23-21-. The number of ether oxygens (including phenoxy) is 2. The minimum atomic E-state index is -4.72. The van der Waals surface area contributed by atoms with Crippen LogP contribution < -0.4 is 5.73 Å². The number of hydrogen-bond donors (Lipinski definition) is 3. The quantitative estimate of drug-likeness (QED) is 0.0229. The van der Waals surface area contributed by atoms with E-state index in [-0.39, 0.29) is 19.4 Å². The number of unbranched alkanes of at least 4 members (excludes halogenated alkanes) is 33. The van der Waals surface area contributed by atoms with Crippen molar-refractivity contribution in [2.24, 2.45) is 5.73 Å². The van der Waals surface area contributed by atoms with E-state index in [9.17, 15) is 23.8 Å². The molecule has 0 spiro atoms. The number of nitrogens with two attached hydrogens (primary N) is 1. The van der Waals surface area contributed by atoms with E-state index >= 15 is 0 Å². The Labute approximate surface area is 398 Å². The number of hydrogen-bond acceptors (Lipinski definition) is 9. The van der Waals surface area contributed by atoms with Crippen LogP contribution in [-0.4, -0.2) is 59.9 Å². The third-order valence-corrected chi connectivity index (χ3v) is 12.9. The van der Waals surface area contributed by atoms with E-state index in [0.29, 0.717) is 12.8 Å². The van der Waals surface area contributed by atoms with Crippen molar-refractivity contribution in [3.05, 3.63) is 24.3 Å². The van der Waals surface area contributed by atoms with E-state index in [2.05, 4.69) is 38.2 Å². The van der Waals surface area contributed by atoms with Gasteiger partial charge in [-0.15, -0.1) is 0 Å². The summed E-state index contributed by atoms with van der Waals surface area (Å²) in [6.07, 6.45) is 53.8. The van der Waals surface area contributed by atoms with E-state index in [1.807, 2.05) is 0 Å². The van der Waals surface area contributed by atoms with Crippen LogP contribution in [0, 0.1) is 0 Å². The average molecular weight is 942 g/mol. The first-order valence-corrected chi connectivity index (χ1v) is 28.4. The molecule has 12 heteroatoms. The zero-order valence-electron chi connectivity index (χ0n) is 41.8. The molecule has 0 fully saturated rings. The molecule has 382 valence electrons. The molecule has 0 aliphatic rings. The molecule has 4 N–H and O–H groups in total. The molecule has 3 unspecified atom stereocenters. The molecular formula is C53H100NO10P. The molecule has 0 amide bonds. The molecule has 11 nitrogen and oxygen atoms in total. The van der Waals surface area contributed by atoms with Gasteiger partial charge in [-0.05, 0) is 44.9 Å². The summed E-state index contributed by atoms with van der Waals surface area (Å²) in [6.45, 7) is 2.85. The van der Waals surface area contributed by atoms with Crippen LogP contribution >= 0.6 is 7.82 Å². The summed E-state index contributed by atoms with van der Waals surface area (Å²) < 4.78 is 32.9. The first kappa shape index (κ1) is 63.0. The SMILES string of the molecule is CCCCCCC/C=C\C/C=C\CCCCCCCCCCCCCC(=O)OC(COC(=O)CCCCCCCCCCCCCCCCCCCC)COP(=O)(O)OCC(N)C(=O)O. The normalized spacial score (nSPS) is 13.7. The van der Waals surface area contributed by atoms with Crippen LogP contribution in [0.1, 0.15) is 264 Å². The number of esters is 2. The lowest BCUT2D eigenvalue weighted by atomic mass is 10.0. The van der Waals surface area contributed by atoms with E-state index < -0.39 is 51.1 Å². The van der Waals surface area contributed by atoms with Gasteiger partial charge >= 0.3 is 25.7 Å². The van der Waals surface area contributed by atoms with Gasteiger partial charge in [0, 0.05) is 12.8 Å². The summed E-state index contributed by atoms with van der Waals surface area (Å²) in [7, 11) is -4.72. The number of carbonyl (C=O) groups excluding carboxylic acids is 2. The van der Waals surface area contributed by atoms with Crippen molar-refractivity contribution >= 4 is 25.7 Å². The number of carbonyl (C=O) groups is 3. The summed E-state index contributed by atoms with van der Waals surface area (Å²) in [6, 6.07) is -1.52. The number of carboxylic acids is 1. The van der Waals surface area contributed by atoms with Gasteiger partial charge in [0.05, 0.1) is 13.2 Å². The van der Waals surface area contributed by atoms with Crippen LogP contribution in [0.3, 0.4) is 0 Å². The largest absolute Gasteiger partial charge is 0.480 e. The molecule has 65 heavy (non-hydrogen) atoms. The molecule has 0 saturated heterocycles. The zero-order chi connectivity index (χ0) is 47.7. The fourth-order valence-corrected chi connectivity index (χ4v) is 8.52. The Bertz CT molecular complexity index is 1200. The Balaban J connectivity index is 4.19. The molecule has 0 aliphatic carbocycles. The molecule has 0 aromatic rings. The van der Waals surface area contributed by atoms with E-state index in [1.54, 1.807) is 0 Å². The van der Waals surface area contributed by atoms with Gasteiger partial charge in [0.2, 0.25) is 0 Å². The monoisotopic (exact) mass is 942 g/mol. The predicted molar refractivity (Wildman–Crippen MR) is 268 cm³/mol. The van der Waals surface area contributed by atoms with Crippen LogP contribution in [0.4, 0.5) is 0 Å². The predicted octanol–water partition coefficient (Wildman–Crippen LogP) is 15.4. The van der Waals surface area contributed by atoms with Gasteiger partial charge in [-0.3, -0.25) is 23.4 Å². The number of phosphoric acid groups is 1. The van der Waals surface area contributed by atoms with Crippen molar-refractivity contribution in [2.45, 2.75) is 276 Å². The molecule has 3 atom stereocenters. The highest BCUT2D eigenvalue weighted by molar-refractivity contribution is 7.47. The molecule has 0 aromatic heterocycles. The summed E-state index contributed by atoms with van der Waals surface area (Å²) >= 11 is 0. The topological polar surface area (TPSA) is 172 Å². The first-order chi connectivity index (χ1) is 31.6. The third kappa shape index (κ3) is 48.2. The molecule has 0 heterocycles. The first-order valence-electron chi connectivity index (χ1n) is 26.9. The van der Waals surface area contributed by atoms with Gasteiger partial charge < -0.3 is 25.2 Å². The van der Waals surface area contributed by atoms with Crippen molar-refractivity contribution in [1.29, 1.82) is 0 Å². The Kier molecular flexibility index (Phi) is 46.9. The number of rotatable bonds is 51. The highest BCUT2D eigenvalue weighted by Crippen LogP contribution is 2.43. The lowest BCUT2D eigenvalue weighted by molar-refractivity contribution is -0.161. The molecule has 0 radical (unpaired) electrons. The van der Waals surface area contributed by atoms with Crippen molar-refractivity contribution < 1.29 is 47.5 Å². The number of allylic oxidation sites excluding steroid dienone is 4. The summed E-state index contributed by atoms with van der Waals surface area (Å²) in [5.74, 6) is -2.36. The maximum atomic E-state index is 12.7. The van der Waals surface area contributed by atoms with Crippen LogP contribution in [0.2, 0.25) is 0 Å². The summed E-state index contributed by atoms with van der Waals surface area (Å²) in [4.78, 5) is 46.2. The fourth-order valence-electron chi connectivity index (χ4n) is 7.75. The molecular weight excluding hydrogens is 842 g/mol. The van der Waals surface area contributed by atoms with Gasteiger partial charge in [-0.25, -0.2) is 4.57 Å². The van der Waals surface area contributed by atoms with Crippen molar-refractivity contribution in [3.63, 3.8) is 0 Å². The van der Waals surface area contributed by atoms with Crippen molar-refractivity contribution in [1.82, 2.24) is 0 Å². The maximum absolute atomic E-state index is 12.7. The third-order valence-electron chi connectivity index (χ3n) is 12.0. The van der Waals surface area contributed by atoms with E-state index in [0.717, 1.165) is 44.9 Å². The smallest absolute Gasteiger partial charge is 0.472 e. The molecule has 0 rings (SSSR count). The van der Waals surface area contributed by atoms with Crippen molar-refractivity contribution in [2.75, 3.05) is 19.8 Å². The maximum Gasteiger partial charge on any atom is 0.472 e. The molecule has 0 aliphatic heterocycles. The van der Waals surface area contributed by atoms with Crippen LogP contribution in [0.15, 0.2) is 24.3 Å². The average Bonchev–Trinajstić information content (AvgIpc) is 3.28. The highest BCUT2D eigenvalue weighted by Gasteiger charge is 2.28. The Morgan fingerprint density at radius 1 is 0.477 bits per heavy atom. The lowest BCUT2D eigenvalue weighted by Crippen LogP contribution is -2.34. The fraction of sp³-hybridized carbons (Fsp3) is 0.868. The van der Waals surface area contributed by atoms with Gasteiger partial charge in [0.25, 0.3) is 0 Å². The van der Waals surface area contributed by atoms with Gasteiger partial charge in [-0.2, -0.15) is 0 Å². The van der Waals surface area contributed by atoms with Crippen LogP contribution in [0.25, 0.3) is 0 Å². The highest BCUT2D eigenvalue weighted by atomic mass is 31.2. The van der Waals surface area contributed by atoms with Crippen molar-refractivity contribution in [3.8, 4) is 0 Å². The number of carboxylic acid groups (broad SMARTS) is 1. The minimum Gasteiger partial charge on any atom is -0.480 e. The second kappa shape index (κ2) is 48.4. The zero-order valence-corrected chi connectivity index (χ0v) is 42.7. The van der Waals surface area contributed by atoms with Crippen LogP contribution in [0.5, 0.6) is 0 Å². The molecule has 0 bridgehead atoms. The van der Waals surface area contributed by atoms with Gasteiger partial charge in [0.1, 0.15) is 12.6 Å². The summed E-state index contributed by atoms with van der Waals surface area (Å²) in [5, 5.41) is 8.93. The van der Waals surface area contributed by atoms with E-state index in [1.165, 1.54) is 180 Å². The van der Waals surface area contributed by atoms with Gasteiger partial charge in [-0.1, -0.05) is 231 Å². The molecule has 0 aromatic carbocycles. The second-order valence-electron chi connectivity index (χ2n) is 18.4.